The van der Waals surface area contributed by atoms with E-state index >= 15 is 0 Å². The highest BCUT2D eigenvalue weighted by Gasteiger charge is 2.43. The van der Waals surface area contributed by atoms with Crippen molar-refractivity contribution in [2.24, 2.45) is 23.7 Å². The molecule has 0 aromatic heterocycles. The van der Waals surface area contributed by atoms with Gasteiger partial charge < -0.3 is 20.3 Å². The first kappa shape index (κ1) is 30.2. The second-order valence-corrected chi connectivity index (χ2v) is 13.4. The van der Waals surface area contributed by atoms with Crippen molar-refractivity contribution in [3.05, 3.63) is 28.3 Å². The van der Waals surface area contributed by atoms with Crippen molar-refractivity contribution in [3.63, 3.8) is 0 Å². The van der Waals surface area contributed by atoms with Crippen LogP contribution < -0.4 is 15.5 Å². The number of hydrogen-bond donors (Lipinski definition) is 2. The zero-order valence-electron chi connectivity index (χ0n) is 24.9. The molecule has 5 atom stereocenters. The molecule has 1 saturated carbocycles. The summed E-state index contributed by atoms with van der Waals surface area (Å²) in [6.07, 6.45) is 9.57. The number of anilines is 1. The highest BCUT2D eigenvalue weighted by Crippen LogP contribution is 2.40. The predicted molar refractivity (Wildman–Crippen MR) is 160 cm³/mol. The van der Waals surface area contributed by atoms with E-state index in [1.165, 1.54) is 38.5 Å². The summed E-state index contributed by atoms with van der Waals surface area (Å²) in [6.45, 7) is 14.7. The van der Waals surface area contributed by atoms with Crippen molar-refractivity contribution >= 4 is 29.1 Å². The number of hydrogen-bond acceptors (Lipinski definition) is 4. The fraction of sp³-hybridized carbons (Fsp3) is 0.750. The van der Waals surface area contributed by atoms with E-state index in [4.69, 9.17) is 16.3 Å². The van der Waals surface area contributed by atoms with Gasteiger partial charge in [-0.1, -0.05) is 57.0 Å². The van der Waals surface area contributed by atoms with Crippen molar-refractivity contribution in [2.45, 2.75) is 111 Å². The summed E-state index contributed by atoms with van der Waals surface area (Å²) in [5.41, 5.74) is 2.34. The number of nitrogens with zero attached hydrogens (tertiary/aromatic N) is 1. The molecule has 1 aliphatic carbocycles. The first-order valence-electron chi connectivity index (χ1n) is 15.3. The number of benzene rings is 1. The van der Waals surface area contributed by atoms with Gasteiger partial charge in [0.1, 0.15) is 0 Å². The summed E-state index contributed by atoms with van der Waals surface area (Å²) >= 11 is 6.60. The third kappa shape index (κ3) is 6.93. The van der Waals surface area contributed by atoms with Crippen LogP contribution >= 0.6 is 11.6 Å². The van der Waals surface area contributed by atoms with Crippen LogP contribution in [-0.2, 0) is 9.53 Å². The Morgan fingerprint density at radius 2 is 1.85 bits per heavy atom. The maximum absolute atomic E-state index is 13.6. The van der Waals surface area contributed by atoms with Gasteiger partial charge in [0.15, 0.2) is 0 Å². The summed E-state index contributed by atoms with van der Waals surface area (Å²) in [6, 6.07) is 4.24. The fourth-order valence-electron chi connectivity index (χ4n) is 7.79. The molecule has 4 rings (SSSR count). The number of carbonyl (C=O) groups excluding carboxylic acids is 2. The molecule has 2 aliphatic heterocycles. The maximum Gasteiger partial charge on any atom is 0.251 e. The lowest BCUT2D eigenvalue weighted by molar-refractivity contribution is -0.132. The molecule has 218 valence electrons. The molecular weight excluding hydrogens is 510 g/mol. The molecule has 2 heterocycles. The van der Waals surface area contributed by atoms with Crippen LogP contribution in [0.3, 0.4) is 0 Å². The molecular formula is C32H50ClN3O3. The van der Waals surface area contributed by atoms with Crippen molar-refractivity contribution in [3.8, 4) is 0 Å². The minimum atomic E-state index is -0.228. The Hall–Kier alpha value is -1.79. The van der Waals surface area contributed by atoms with Gasteiger partial charge in [-0.25, -0.2) is 0 Å². The lowest BCUT2D eigenvalue weighted by atomic mass is 9.67. The summed E-state index contributed by atoms with van der Waals surface area (Å²) in [5.74, 6) is 0.982. The molecule has 5 unspecified atom stereocenters. The number of nitrogens with one attached hydrogen (secondary N) is 2. The average molecular weight is 560 g/mol. The van der Waals surface area contributed by atoms with E-state index in [1.807, 2.05) is 13.0 Å². The number of piperidine rings is 1. The third-order valence-electron chi connectivity index (χ3n) is 9.80. The van der Waals surface area contributed by atoms with E-state index in [1.54, 1.807) is 6.07 Å². The monoisotopic (exact) mass is 559 g/mol. The molecule has 39 heavy (non-hydrogen) atoms. The minimum Gasteiger partial charge on any atom is -0.375 e. The Balaban J connectivity index is 1.49. The lowest BCUT2D eigenvalue weighted by Gasteiger charge is -2.44. The fourth-order valence-corrected chi connectivity index (χ4v) is 8.00. The quantitative estimate of drug-likeness (QED) is 0.373. The zero-order chi connectivity index (χ0) is 28.3. The molecule has 7 heteroatoms. The lowest BCUT2D eigenvalue weighted by Crippen LogP contribution is -2.57. The molecule has 6 nitrogen and oxygen atoms in total. The number of carbonyl (C=O) groups is 2. The van der Waals surface area contributed by atoms with Gasteiger partial charge in [-0.2, -0.15) is 0 Å². The van der Waals surface area contributed by atoms with E-state index < -0.39 is 0 Å². The van der Waals surface area contributed by atoms with Gasteiger partial charge >= 0.3 is 0 Å². The average Bonchev–Trinajstić information content (AvgIpc) is 3.14. The van der Waals surface area contributed by atoms with Gasteiger partial charge in [0.2, 0.25) is 5.91 Å². The van der Waals surface area contributed by atoms with Crippen LogP contribution in [0.2, 0.25) is 5.02 Å². The molecule has 0 radical (unpaired) electrons. The first-order chi connectivity index (χ1) is 18.5. The number of amides is 2. The largest absolute Gasteiger partial charge is 0.375 e. The van der Waals surface area contributed by atoms with Gasteiger partial charge in [0.05, 0.1) is 11.5 Å². The van der Waals surface area contributed by atoms with Crippen LogP contribution in [0, 0.1) is 30.6 Å². The van der Waals surface area contributed by atoms with Gasteiger partial charge in [-0.3, -0.25) is 9.59 Å². The Kier molecular flexibility index (Phi) is 9.91. The molecule has 1 aromatic rings. The van der Waals surface area contributed by atoms with Crippen LogP contribution in [0.15, 0.2) is 12.1 Å². The molecule has 3 aliphatic rings. The summed E-state index contributed by atoms with van der Waals surface area (Å²) in [7, 11) is 0. The molecule has 3 fully saturated rings. The molecule has 2 saturated heterocycles. The first-order valence-corrected chi connectivity index (χ1v) is 15.7. The zero-order valence-corrected chi connectivity index (χ0v) is 25.7. The molecule has 0 bridgehead atoms. The van der Waals surface area contributed by atoms with Crippen LogP contribution in [0.5, 0.6) is 0 Å². The standard InChI is InChI=1S/C32H50ClN3O3/c1-7-36(25-14-15-39-32(5,6)18-25)28-17-24(33)16-26(20(28)2)30(37)34-19-27-21(3)29(22(4)35-31(27)38)23-12-10-8-9-11-13-23/h16-17,21-23,25,27,29H,7-15,18-19H2,1-6H3,(H,34,37)(H,35,38). The van der Waals surface area contributed by atoms with Crippen LogP contribution in [-0.4, -0.2) is 49.2 Å². The summed E-state index contributed by atoms with van der Waals surface area (Å²) in [5, 5.41) is 6.94. The van der Waals surface area contributed by atoms with Crippen molar-refractivity contribution in [1.82, 2.24) is 10.6 Å². The number of rotatable bonds is 7. The van der Waals surface area contributed by atoms with E-state index in [0.29, 0.717) is 35.0 Å². The Morgan fingerprint density at radius 3 is 2.49 bits per heavy atom. The Labute approximate surface area is 241 Å². The second-order valence-electron chi connectivity index (χ2n) is 12.9. The SMILES string of the molecule is CCN(c1cc(Cl)cc(C(=O)NCC2C(=O)NC(C)C(C3CCCCCC3)C2C)c1C)C1CCOC(C)(C)C1. The topological polar surface area (TPSA) is 70.7 Å². The van der Waals surface area contributed by atoms with Crippen molar-refractivity contribution < 1.29 is 14.3 Å². The van der Waals surface area contributed by atoms with E-state index in [0.717, 1.165) is 37.2 Å². The van der Waals surface area contributed by atoms with E-state index in [9.17, 15) is 9.59 Å². The van der Waals surface area contributed by atoms with Gasteiger partial charge in [0.25, 0.3) is 5.91 Å². The molecule has 1 aromatic carbocycles. The molecule has 2 amide bonds. The number of ether oxygens (including phenoxy) is 1. The van der Waals surface area contributed by atoms with Crippen LogP contribution in [0.4, 0.5) is 5.69 Å². The Morgan fingerprint density at radius 1 is 1.15 bits per heavy atom. The molecule has 0 spiro atoms. The highest BCUT2D eigenvalue weighted by molar-refractivity contribution is 6.31. The number of halogens is 1. The third-order valence-corrected chi connectivity index (χ3v) is 10.0. The maximum atomic E-state index is 13.6. The van der Waals surface area contributed by atoms with Crippen LogP contribution in [0.1, 0.15) is 102 Å². The van der Waals surface area contributed by atoms with Crippen LogP contribution in [0.25, 0.3) is 0 Å². The van der Waals surface area contributed by atoms with Gasteiger partial charge in [0, 0.05) is 48.1 Å². The Bertz CT molecular complexity index is 1020. The van der Waals surface area contributed by atoms with E-state index in [-0.39, 0.29) is 35.3 Å². The highest BCUT2D eigenvalue weighted by atomic mass is 35.5. The van der Waals surface area contributed by atoms with Crippen molar-refractivity contribution in [2.75, 3.05) is 24.6 Å². The predicted octanol–water partition coefficient (Wildman–Crippen LogP) is 6.52. The molecule has 2 N–H and O–H groups in total. The minimum absolute atomic E-state index is 0.0583. The summed E-state index contributed by atoms with van der Waals surface area (Å²) in [4.78, 5) is 29.0. The van der Waals surface area contributed by atoms with Gasteiger partial charge in [-0.05, 0) is 82.9 Å². The normalized spacial score (nSPS) is 29.8. The van der Waals surface area contributed by atoms with Gasteiger partial charge in [-0.15, -0.1) is 0 Å². The van der Waals surface area contributed by atoms with E-state index in [2.05, 4.69) is 50.2 Å². The van der Waals surface area contributed by atoms with Crippen molar-refractivity contribution in [1.29, 1.82) is 0 Å². The summed E-state index contributed by atoms with van der Waals surface area (Å²) < 4.78 is 5.96. The second kappa shape index (κ2) is 12.8. The smallest absolute Gasteiger partial charge is 0.251 e.